The van der Waals surface area contributed by atoms with Gasteiger partial charge in [-0.2, -0.15) is 0 Å². The lowest BCUT2D eigenvalue weighted by Gasteiger charge is -2.15. The van der Waals surface area contributed by atoms with Crippen molar-refractivity contribution in [3.8, 4) is 0 Å². The highest BCUT2D eigenvalue weighted by molar-refractivity contribution is 5.75. The molecule has 0 aromatic heterocycles. The first-order valence-corrected chi connectivity index (χ1v) is 8.36. The van der Waals surface area contributed by atoms with Crippen molar-refractivity contribution in [2.75, 3.05) is 6.54 Å². The molecule has 0 radical (unpaired) electrons. The summed E-state index contributed by atoms with van der Waals surface area (Å²) < 4.78 is 0. The molecule has 1 N–H and O–H groups in total. The largest absolute Gasteiger partial charge is 0.356 e. The fraction of sp³-hybridized carbons (Fsp3) is 0.941. The van der Waals surface area contributed by atoms with Gasteiger partial charge in [-0.1, -0.05) is 66.2 Å². The van der Waals surface area contributed by atoms with Gasteiger partial charge in [0.15, 0.2) is 0 Å². The van der Waals surface area contributed by atoms with Crippen LogP contribution in [0.1, 0.15) is 85.5 Å². The first-order valence-electron chi connectivity index (χ1n) is 8.36. The van der Waals surface area contributed by atoms with Gasteiger partial charge >= 0.3 is 0 Å². The van der Waals surface area contributed by atoms with Gasteiger partial charge < -0.3 is 5.32 Å². The van der Waals surface area contributed by atoms with E-state index in [4.69, 9.17) is 0 Å². The van der Waals surface area contributed by atoms with Gasteiger partial charge in [0.25, 0.3) is 0 Å². The molecule has 19 heavy (non-hydrogen) atoms. The lowest BCUT2D eigenvalue weighted by atomic mass is 9.99. The van der Waals surface area contributed by atoms with Crippen molar-refractivity contribution in [2.45, 2.75) is 85.5 Å². The van der Waals surface area contributed by atoms with E-state index in [2.05, 4.69) is 33.0 Å². The van der Waals surface area contributed by atoms with Crippen LogP contribution in [0.5, 0.6) is 0 Å². The molecule has 0 aromatic carbocycles. The van der Waals surface area contributed by atoms with E-state index in [9.17, 15) is 4.79 Å². The van der Waals surface area contributed by atoms with Crippen molar-refractivity contribution in [2.24, 2.45) is 11.8 Å². The number of carbonyl (C=O) groups is 1. The molecule has 0 rings (SSSR count). The SMILES string of the molecule is CCCC[C@H](CC)CNC(=O)CCCCCC(C)C. The number of rotatable bonds is 12. The van der Waals surface area contributed by atoms with Gasteiger partial charge in [0.05, 0.1) is 0 Å². The minimum Gasteiger partial charge on any atom is -0.356 e. The Labute approximate surface area is 120 Å². The van der Waals surface area contributed by atoms with E-state index in [1.165, 1.54) is 44.9 Å². The summed E-state index contributed by atoms with van der Waals surface area (Å²) in [5, 5.41) is 3.10. The monoisotopic (exact) mass is 269 g/mol. The number of hydrogen-bond donors (Lipinski definition) is 1. The van der Waals surface area contributed by atoms with Crippen LogP contribution in [0.4, 0.5) is 0 Å². The zero-order valence-corrected chi connectivity index (χ0v) is 13.6. The van der Waals surface area contributed by atoms with Gasteiger partial charge in [-0.3, -0.25) is 4.79 Å². The maximum Gasteiger partial charge on any atom is 0.220 e. The van der Waals surface area contributed by atoms with Crippen LogP contribution in [0.15, 0.2) is 0 Å². The van der Waals surface area contributed by atoms with E-state index in [1.54, 1.807) is 0 Å². The summed E-state index contributed by atoms with van der Waals surface area (Å²) in [5.41, 5.74) is 0. The summed E-state index contributed by atoms with van der Waals surface area (Å²) >= 11 is 0. The van der Waals surface area contributed by atoms with Crippen molar-refractivity contribution in [1.29, 1.82) is 0 Å². The van der Waals surface area contributed by atoms with Gasteiger partial charge in [-0.15, -0.1) is 0 Å². The molecular weight excluding hydrogens is 234 g/mol. The zero-order chi connectivity index (χ0) is 14.5. The quantitative estimate of drug-likeness (QED) is 0.500. The van der Waals surface area contributed by atoms with Crippen molar-refractivity contribution in [1.82, 2.24) is 5.32 Å². The maximum atomic E-state index is 11.7. The molecule has 0 bridgehead atoms. The molecule has 0 spiro atoms. The Morgan fingerprint density at radius 3 is 2.32 bits per heavy atom. The third-order valence-corrected chi connectivity index (χ3v) is 3.82. The normalized spacial score (nSPS) is 12.7. The van der Waals surface area contributed by atoms with Gasteiger partial charge in [-0.25, -0.2) is 0 Å². The molecule has 0 aliphatic carbocycles. The molecule has 0 aromatic rings. The summed E-state index contributed by atoms with van der Waals surface area (Å²) in [6.07, 6.45) is 10.5. The molecule has 0 saturated carbocycles. The topological polar surface area (TPSA) is 29.1 Å². The summed E-state index contributed by atoms with van der Waals surface area (Å²) in [6, 6.07) is 0. The smallest absolute Gasteiger partial charge is 0.220 e. The van der Waals surface area contributed by atoms with Gasteiger partial charge in [0, 0.05) is 13.0 Å². The summed E-state index contributed by atoms with van der Waals surface area (Å²) in [6.45, 7) is 9.84. The zero-order valence-electron chi connectivity index (χ0n) is 13.6. The van der Waals surface area contributed by atoms with E-state index in [0.29, 0.717) is 12.3 Å². The van der Waals surface area contributed by atoms with Crippen molar-refractivity contribution < 1.29 is 4.79 Å². The van der Waals surface area contributed by atoms with Crippen molar-refractivity contribution >= 4 is 5.91 Å². The first-order chi connectivity index (χ1) is 9.10. The molecule has 1 amide bonds. The molecular formula is C17H35NO. The summed E-state index contributed by atoms with van der Waals surface area (Å²) in [7, 11) is 0. The molecule has 0 saturated heterocycles. The number of carbonyl (C=O) groups excluding carboxylic acids is 1. The lowest BCUT2D eigenvalue weighted by molar-refractivity contribution is -0.121. The highest BCUT2D eigenvalue weighted by Gasteiger charge is 2.08. The standard InChI is InChI=1S/C17H35NO/c1-5-7-12-16(6-2)14-18-17(19)13-10-8-9-11-15(3)4/h15-16H,5-14H2,1-4H3,(H,18,19)/t16-/m0/s1. The minimum absolute atomic E-state index is 0.250. The molecule has 2 heteroatoms. The molecule has 0 heterocycles. The molecule has 0 fully saturated rings. The van der Waals surface area contributed by atoms with Crippen molar-refractivity contribution in [3.05, 3.63) is 0 Å². The highest BCUT2D eigenvalue weighted by atomic mass is 16.1. The summed E-state index contributed by atoms with van der Waals surface area (Å²) in [4.78, 5) is 11.7. The van der Waals surface area contributed by atoms with Gasteiger partial charge in [-0.05, 0) is 24.7 Å². The number of unbranched alkanes of at least 4 members (excludes halogenated alkanes) is 3. The minimum atomic E-state index is 0.250. The average Bonchev–Trinajstić information content (AvgIpc) is 2.38. The van der Waals surface area contributed by atoms with E-state index in [-0.39, 0.29) is 5.91 Å². The Morgan fingerprint density at radius 2 is 1.74 bits per heavy atom. The third-order valence-electron chi connectivity index (χ3n) is 3.82. The molecule has 0 aliphatic heterocycles. The number of nitrogens with one attached hydrogen (secondary N) is 1. The van der Waals surface area contributed by atoms with Crippen LogP contribution in [-0.4, -0.2) is 12.5 Å². The van der Waals surface area contributed by atoms with E-state index < -0.39 is 0 Å². The number of hydrogen-bond acceptors (Lipinski definition) is 1. The average molecular weight is 269 g/mol. The Bertz CT molecular complexity index is 213. The van der Waals surface area contributed by atoms with E-state index >= 15 is 0 Å². The fourth-order valence-electron chi connectivity index (χ4n) is 2.30. The van der Waals surface area contributed by atoms with Crippen LogP contribution in [0.2, 0.25) is 0 Å². The van der Waals surface area contributed by atoms with Crippen LogP contribution < -0.4 is 5.32 Å². The van der Waals surface area contributed by atoms with Crippen LogP contribution in [0, 0.1) is 11.8 Å². The van der Waals surface area contributed by atoms with Crippen molar-refractivity contribution in [3.63, 3.8) is 0 Å². The van der Waals surface area contributed by atoms with Gasteiger partial charge in [0.2, 0.25) is 5.91 Å². The first kappa shape index (κ1) is 18.5. The van der Waals surface area contributed by atoms with Crippen LogP contribution >= 0.6 is 0 Å². The van der Waals surface area contributed by atoms with E-state index in [1.807, 2.05) is 0 Å². The van der Waals surface area contributed by atoms with Crippen LogP contribution in [0.25, 0.3) is 0 Å². The molecule has 114 valence electrons. The Balaban J connectivity index is 3.51. The summed E-state index contributed by atoms with van der Waals surface area (Å²) in [5.74, 6) is 1.71. The maximum absolute atomic E-state index is 11.7. The highest BCUT2D eigenvalue weighted by Crippen LogP contribution is 2.12. The third kappa shape index (κ3) is 12.3. The predicted molar refractivity (Wildman–Crippen MR) is 84.2 cm³/mol. The fourth-order valence-corrected chi connectivity index (χ4v) is 2.30. The second kappa shape index (κ2) is 12.5. The molecule has 1 atom stereocenters. The van der Waals surface area contributed by atoms with Crippen LogP contribution in [0.3, 0.4) is 0 Å². The number of amides is 1. The lowest BCUT2D eigenvalue weighted by Crippen LogP contribution is -2.28. The van der Waals surface area contributed by atoms with Gasteiger partial charge in [0.1, 0.15) is 0 Å². The molecule has 0 aliphatic rings. The molecule has 2 nitrogen and oxygen atoms in total. The van der Waals surface area contributed by atoms with Crippen LogP contribution in [-0.2, 0) is 4.79 Å². The predicted octanol–water partition coefficient (Wildman–Crippen LogP) is 4.93. The second-order valence-corrected chi connectivity index (χ2v) is 6.21. The second-order valence-electron chi connectivity index (χ2n) is 6.21. The molecule has 0 unspecified atom stereocenters. The van der Waals surface area contributed by atoms with E-state index in [0.717, 1.165) is 18.9 Å². The Kier molecular flexibility index (Phi) is 12.2. The Hall–Kier alpha value is -0.530. The Morgan fingerprint density at radius 1 is 1.00 bits per heavy atom.